The number of phenols is 1. The number of amides is 3. The molecule has 0 aliphatic rings. The number of aromatic nitrogens is 1. The molecule has 0 radical (unpaired) electrons. The van der Waals surface area contributed by atoms with Gasteiger partial charge in [0.05, 0.1) is 19.1 Å². The molecule has 0 bridgehead atoms. The molecule has 8 N–H and O–H groups in total. The monoisotopic (exact) mass is 481 g/mol. The second kappa shape index (κ2) is 11.7. The van der Waals surface area contributed by atoms with Crippen LogP contribution in [0.3, 0.4) is 0 Å². The van der Waals surface area contributed by atoms with Crippen LogP contribution in [0.4, 0.5) is 0 Å². The van der Waals surface area contributed by atoms with Gasteiger partial charge < -0.3 is 36.9 Å². The third-order valence-corrected chi connectivity index (χ3v) is 5.33. The quantitative estimate of drug-likeness (QED) is 0.197. The first-order valence-corrected chi connectivity index (χ1v) is 10.9. The lowest BCUT2D eigenvalue weighted by atomic mass is 10.1. The molecule has 1 heterocycles. The molecule has 11 nitrogen and oxygen atoms in total. The molecule has 11 heteroatoms. The van der Waals surface area contributed by atoms with Gasteiger partial charge in [0.2, 0.25) is 17.7 Å². The molecule has 2 unspecified atom stereocenters. The van der Waals surface area contributed by atoms with E-state index in [1.807, 2.05) is 24.3 Å². The van der Waals surface area contributed by atoms with Crippen molar-refractivity contribution < 1.29 is 29.4 Å². The number of nitrogens with one attached hydrogen (secondary N) is 4. The van der Waals surface area contributed by atoms with Crippen molar-refractivity contribution in [2.45, 2.75) is 24.9 Å². The number of benzene rings is 2. The Bertz CT molecular complexity index is 1210. The summed E-state index contributed by atoms with van der Waals surface area (Å²) >= 11 is 0. The van der Waals surface area contributed by atoms with Crippen molar-refractivity contribution in [2.75, 3.05) is 13.1 Å². The molecule has 1 aromatic heterocycles. The SMILES string of the molecule is NC(Cc1c[nH]c2ccccc12)C(=O)NCC(=O)NCC(=O)NC(Cc1ccc(O)cc1)C(=O)O. The van der Waals surface area contributed by atoms with E-state index in [1.165, 1.54) is 12.1 Å². The van der Waals surface area contributed by atoms with Crippen molar-refractivity contribution >= 4 is 34.6 Å². The smallest absolute Gasteiger partial charge is 0.326 e. The number of carboxylic acids is 1. The van der Waals surface area contributed by atoms with Crippen molar-refractivity contribution in [1.29, 1.82) is 0 Å². The van der Waals surface area contributed by atoms with E-state index in [9.17, 15) is 29.4 Å². The number of carboxylic acid groups (broad SMARTS) is 1. The molecule has 0 saturated carbocycles. The van der Waals surface area contributed by atoms with Crippen molar-refractivity contribution in [3.63, 3.8) is 0 Å². The Morgan fingerprint density at radius 3 is 2.31 bits per heavy atom. The summed E-state index contributed by atoms with van der Waals surface area (Å²) in [5.74, 6) is -3.05. The van der Waals surface area contributed by atoms with E-state index in [-0.39, 0.29) is 25.1 Å². The molecule has 184 valence electrons. The Hall–Kier alpha value is -4.38. The van der Waals surface area contributed by atoms with Crippen molar-refractivity contribution in [3.05, 3.63) is 65.9 Å². The van der Waals surface area contributed by atoms with Crippen LogP contribution in [0.1, 0.15) is 11.1 Å². The number of aliphatic carboxylic acids is 1. The van der Waals surface area contributed by atoms with Crippen LogP contribution >= 0.6 is 0 Å². The Morgan fingerprint density at radius 1 is 0.914 bits per heavy atom. The normalized spacial score (nSPS) is 12.5. The first-order chi connectivity index (χ1) is 16.7. The molecule has 0 fully saturated rings. The summed E-state index contributed by atoms with van der Waals surface area (Å²) < 4.78 is 0. The van der Waals surface area contributed by atoms with Gasteiger partial charge in [-0.25, -0.2) is 4.79 Å². The maximum absolute atomic E-state index is 12.3. The first-order valence-electron chi connectivity index (χ1n) is 10.9. The van der Waals surface area contributed by atoms with Gasteiger partial charge in [0.1, 0.15) is 11.8 Å². The third kappa shape index (κ3) is 7.30. The fourth-order valence-corrected chi connectivity index (χ4v) is 3.48. The molecule has 0 spiro atoms. The van der Waals surface area contributed by atoms with Crippen molar-refractivity contribution in [1.82, 2.24) is 20.9 Å². The zero-order valence-corrected chi connectivity index (χ0v) is 18.8. The summed E-state index contributed by atoms with van der Waals surface area (Å²) in [7, 11) is 0. The minimum absolute atomic E-state index is 0.000323. The summed E-state index contributed by atoms with van der Waals surface area (Å²) in [6.45, 7) is -0.848. The molecular formula is C24H27N5O6. The highest BCUT2D eigenvalue weighted by Gasteiger charge is 2.21. The lowest BCUT2D eigenvalue weighted by molar-refractivity contribution is -0.141. The molecule has 0 aliphatic carbocycles. The summed E-state index contributed by atoms with van der Waals surface area (Å²) in [5.41, 5.74) is 8.39. The largest absolute Gasteiger partial charge is 0.508 e. The van der Waals surface area contributed by atoms with Crippen LogP contribution in [0.2, 0.25) is 0 Å². The van der Waals surface area contributed by atoms with E-state index in [0.29, 0.717) is 5.56 Å². The van der Waals surface area contributed by atoms with Crippen LogP contribution in [0.5, 0.6) is 5.75 Å². The maximum Gasteiger partial charge on any atom is 0.326 e. The Kier molecular flexibility index (Phi) is 8.41. The molecular weight excluding hydrogens is 454 g/mol. The van der Waals surface area contributed by atoms with E-state index in [4.69, 9.17) is 5.73 Å². The van der Waals surface area contributed by atoms with Crippen LogP contribution in [-0.4, -0.2) is 64.1 Å². The predicted molar refractivity (Wildman–Crippen MR) is 127 cm³/mol. The van der Waals surface area contributed by atoms with Gasteiger partial charge in [-0.05, 0) is 35.7 Å². The number of phenolic OH excluding ortho intramolecular Hbond substituents is 1. The fourth-order valence-electron chi connectivity index (χ4n) is 3.48. The van der Waals surface area contributed by atoms with Gasteiger partial charge in [-0.1, -0.05) is 30.3 Å². The number of hydrogen-bond acceptors (Lipinski definition) is 6. The van der Waals surface area contributed by atoms with Gasteiger partial charge in [-0.3, -0.25) is 14.4 Å². The van der Waals surface area contributed by atoms with Crippen LogP contribution in [0.15, 0.2) is 54.7 Å². The van der Waals surface area contributed by atoms with Gasteiger partial charge in [0, 0.05) is 23.5 Å². The van der Waals surface area contributed by atoms with Gasteiger partial charge in [0.25, 0.3) is 0 Å². The van der Waals surface area contributed by atoms with Crippen LogP contribution in [-0.2, 0) is 32.0 Å². The highest BCUT2D eigenvalue weighted by molar-refractivity contribution is 5.91. The molecule has 0 saturated heterocycles. The van der Waals surface area contributed by atoms with Gasteiger partial charge >= 0.3 is 5.97 Å². The molecule has 3 amide bonds. The molecule has 0 aliphatic heterocycles. The molecule has 35 heavy (non-hydrogen) atoms. The standard InChI is InChI=1S/C24H27N5O6/c25-18(10-15-11-26-19-4-2-1-3-17(15)19)23(33)28-12-21(31)27-13-22(32)29-20(24(34)35)9-14-5-7-16(30)8-6-14/h1-8,11,18,20,26,30H,9-10,12-13,25H2,(H,27,31)(H,28,33)(H,29,32)(H,34,35). The second-order valence-electron chi connectivity index (χ2n) is 7.99. The number of aromatic hydroxyl groups is 1. The summed E-state index contributed by atoms with van der Waals surface area (Å²) in [6, 6.07) is 11.4. The highest BCUT2D eigenvalue weighted by atomic mass is 16.4. The molecule has 3 aromatic rings. The van der Waals surface area contributed by atoms with E-state index in [2.05, 4.69) is 20.9 Å². The lowest BCUT2D eigenvalue weighted by Gasteiger charge is -2.15. The van der Waals surface area contributed by atoms with Crippen molar-refractivity contribution in [2.24, 2.45) is 5.73 Å². The van der Waals surface area contributed by atoms with Gasteiger partial charge in [-0.15, -0.1) is 0 Å². The number of para-hydroxylation sites is 1. The van der Waals surface area contributed by atoms with Gasteiger partial charge in [-0.2, -0.15) is 0 Å². The molecule has 3 rings (SSSR count). The zero-order chi connectivity index (χ0) is 25.4. The first kappa shape index (κ1) is 25.2. The number of fused-ring (bicyclic) bond motifs is 1. The van der Waals surface area contributed by atoms with Crippen LogP contribution in [0, 0.1) is 0 Å². The predicted octanol–water partition coefficient (Wildman–Crippen LogP) is -0.212. The Labute approximate surface area is 200 Å². The number of rotatable bonds is 11. The summed E-state index contributed by atoms with van der Waals surface area (Å²) in [5, 5.41) is 26.7. The fraction of sp³-hybridized carbons (Fsp3) is 0.250. The summed E-state index contributed by atoms with van der Waals surface area (Å²) in [4.78, 5) is 51.0. The van der Waals surface area contributed by atoms with E-state index < -0.39 is 42.3 Å². The number of carbonyl (C=O) groups excluding carboxylic acids is 3. The van der Waals surface area contributed by atoms with Crippen molar-refractivity contribution in [3.8, 4) is 5.75 Å². The van der Waals surface area contributed by atoms with E-state index in [1.54, 1.807) is 18.3 Å². The second-order valence-corrected chi connectivity index (χ2v) is 7.99. The molecule has 2 atom stereocenters. The highest BCUT2D eigenvalue weighted by Crippen LogP contribution is 2.18. The zero-order valence-electron chi connectivity index (χ0n) is 18.8. The van der Waals surface area contributed by atoms with Crippen LogP contribution < -0.4 is 21.7 Å². The minimum Gasteiger partial charge on any atom is -0.508 e. The number of hydrogen-bond donors (Lipinski definition) is 7. The maximum atomic E-state index is 12.3. The number of nitrogens with two attached hydrogens (primary N) is 1. The average Bonchev–Trinajstić information content (AvgIpc) is 3.24. The average molecular weight is 482 g/mol. The number of H-pyrrole nitrogens is 1. The third-order valence-electron chi connectivity index (χ3n) is 5.33. The lowest BCUT2D eigenvalue weighted by Crippen LogP contribution is -2.49. The van der Waals surface area contributed by atoms with Gasteiger partial charge in [0.15, 0.2) is 0 Å². The van der Waals surface area contributed by atoms with E-state index >= 15 is 0 Å². The molecule has 2 aromatic carbocycles. The number of aromatic amines is 1. The Balaban J connectivity index is 1.40. The Morgan fingerprint density at radius 2 is 1.60 bits per heavy atom. The topological polar surface area (TPSA) is 187 Å². The number of carbonyl (C=O) groups is 4. The van der Waals surface area contributed by atoms with E-state index in [0.717, 1.165) is 16.5 Å². The summed E-state index contributed by atoms with van der Waals surface area (Å²) in [6.07, 6.45) is 2.06. The minimum atomic E-state index is -1.24. The van der Waals surface area contributed by atoms with Crippen LogP contribution in [0.25, 0.3) is 10.9 Å².